The molecule has 0 fully saturated rings. The predicted octanol–water partition coefficient (Wildman–Crippen LogP) is 2.88. The lowest BCUT2D eigenvalue weighted by Crippen LogP contribution is -2.20. The maximum absolute atomic E-state index is 5.06. The molecular weight excluding hydrogens is 232 g/mol. The van der Waals surface area contributed by atoms with Crippen molar-refractivity contribution in [3.63, 3.8) is 0 Å². The van der Waals surface area contributed by atoms with Crippen LogP contribution in [0.5, 0.6) is 0 Å². The average Bonchev–Trinajstić information content (AvgIpc) is 2.37. The third-order valence-electron chi connectivity index (χ3n) is 2.49. The molecule has 0 amide bonds. The van der Waals surface area contributed by atoms with Crippen molar-refractivity contribution in [2.24, 2.45) is 0 Å². The first kappa shape index (κ1) is 14.5. The molecule has 1 N–H and O–H groups in total. The molecule has 0 aromatic carbocycles. The van der Waals surface area contributed by atoms with Gasteiger partial charge in [0.25, 0.3) is 0 Å². The Balaban J connectivity index is 2.62. The highest BCUT2D eigenvalue weighted by atomic mass is 32.2. The number of nitrogens with one attached hydrogen (secondary N) is 1. The van der Waals surface area contributed by atoms with Gasteiger partial charge >= 0.3 is 0 Å². The number of nitrogens with zero attached hydrogens (tertiary/aromatic N) is 1. The first-order valence-electron chi connectivity index (χ1n) is 6.09. The molecule has 1 aromatic rings. The molecule has 17 heavy (non-hydrogen) atoms. The van der Waals surface area contributed by atoms with E-state index in [9.17, 15) is 0 Å². The maximum atomic E-state index is 5.06. The third kappa shape index (κ3) is 5.06. The molecule has 0 aliphatic carbocycles. The number of methoxy groups -OCH3 is 1. The van der Waals surface area contributed by atoms with Crippen LogP contribution in [-0.4, -0.2) is 31.0 Å². The SMILES string of the molecule is CCCNC(C)c1cccnc1SCCOC. The third-order valence-corrected chi connectivity index (χ3v) is 3.48. The van der Waals surface area contributed by atoms with Gasteiger partial charge in [-0.15, -0.1) is 11.8 Å². The highest BCUT2D eigenvalue weighted by Gasteiger charge is 2.10. The van der Waals surface area contributed by atoms with Crippen molar-refractivity contribution in [1.29, 1.82) is 0 Å². The first-order chi connectivity index (χ1) is 8.29. The Hall–Kier alpha value is -0.580. The molecule has 0 bridgehead atoms. The van der Waals surface area contributed by atoms with Gasteiger partial charge in [-0.2, -0.15) is 0 Å². The van der Waals surface area contributed by atoms with E-state index in [0.717, 1.165) is 30.4 Å². The van der Waals surface area contributed by atoms with Crippen molar-refractivity contribution in [2.45, 2.75) is 31.3 Å². The largest absolute Gasteiger partial charge is 0.384 e. The van der Waals surface area contributed by atoms with Crippen LogP contribution in [0.1, 0.15) is 31.9 Å². The van der Waals surface area contributed by atoms with Crippen LogP contribution < -0.4 is 5.32 Å². The van der Waals surface area contributed by atoms with Gasteiger partial charge < -0.3 is 10.1 Å². The van der Waals surface area contributed by atoms with Crippen LogP contribution in [0.25, 0.3) is 0 Å². The first-order valence-corrected chi connectivity index (χ1v) is 7.08. The molecule has 1 heterocycles. The number of rotatable bonds is 8. The minimum absolute atomic E-state index is 0.355. The van der Waals surface area contributed by atoms with E-state index in [1.54, 1.807) is 18.9 Å². The Morgan fingerprint density at radius 1 is 1.53 bits per heavy atom. The summed E-state index contributed by atoms with van der Waals surface area (Å²) in [4.78, 5) is 4.45. The van der Waals surface area contributed by atoms with Gasteiger partial charge in [-0.25, -0.2) is 4.98 Å². The van der Waals surface area contributed by atoms with Crippen molar-refractivity contribution in [3.8, 4) is 0 Å². The summed E-state index contributed by atoms with van der Waals surface area (Å²) in [6.07, 6.45) is 3.00. The number of hydrogen-bond acceptors (Lipinski definition) is 4. The van der Waals surface area contributed by atoms with Crippen molar-refractivity contribution in [1.82, 2.24) is 10.3 Å². The molecule has 0 aliphatic rings. The van der Waals surface area contributed by atoms with E-state index in [-0.39, 0.29) is 0 Å². The molecule has 0 saturated heterocycles. The van der Waals surface area contributed by atoms with E-state index in [2.05, 4.69) is 30.2 Å². The fraction of sp³-hybridized carbons (Fsp3) is 0.615. The van der Waals surface area contributed by atoms with Crippen LogP contribution >= 0.6 is 11.8 Å². The molecule has 4 heteroatoms. The second-order valence-electron chi connectivity index (χ2n) is 3.91. The molecule has 1 rings (SSSR count). The molecule has 1 aromatic heterocycles. The summed E-state index contributed by atoms with van der Waals surface area (Å²) in [5.41, 5.74) is 1.28. The molecule has 3 nitrogen and oxygen atoms in total. The minimum Gasteiger partial charge on any atom is -0.384 e. The summed E-state index contributed by atoms with van der Waals surface area (Å²) in [5, 5.41) is 4.61. The number of hydrogen-bond donors (Lipinski definition) is 1. The van der Waals surface area contributed by atoms with Crippen LogP contribution in [0, 0.1) is 0 Å². The molecule has 96 valence electrons. The van der Waals surface area contributed by atoms with Crippen LogP contribution in [0.4, 0.5) is 0 Å². The van der Waals surface area contributed by atoms with Crippen LogP contribution in [0.3, 0.4) is 0 Å². The fourth-order valence-electron chi connectivity index (χ4n) is 1.55. The Kier molecular flexibility index (Phi) is 7.24. The number of aromatic nitrogens is 1. The van der Waals surface area contributed by atoms with E-state index in [4.69, 9.17) is 4.74 Å². The maximum Gasteiger partial charge on any atom is 0.101 e. The van der Waals surface area contributed by atoms with Gasteiger partial charge in [0, 0.05) is 30.7 Å². The summed E-state index contributed by atoms with van der Waals surface area (Å²) < 4.78 is 5.06. The molecule has 1 atom stereocenters. The smallest absolute Gasteiger partial charge is 0.101 e. The van der Waals surface area contributed by atoms with Gasteiger partial charge in [0.2, 0.25) is 0 Å². The molecule has 0 radical (unpaired) electrons. The van der Waals surface area contributed by atoms with E-state index in [1.807, 2.05) is 12.3 Å². The van der Waals surface area contributed by atoms with Gasteiger partial charge in [-0.3, -0.25) is 0 Å². The minimum atomic E-state index is 0.355. The lowest BCUT2D eigenvalue weighted by molar-refractivity contribution is 0.218. The topological polar surface area (TPSA) is 34.2 Å². The second-order valence-corrected chi connectivity index (χ2v) is 5.00. The lowest BCUT2D eigenvalue weighted by atomic mass is 10.1. The van der Waals surface area contributed by atoms with E-state index >= 15 is 0 Å². The molecule has 1 unspecified atom stereocenters. The molecule has 0 saturated carbocycles. The van der Waals surface area contributed by atoms with Gasteiger partial charge in [0.05, 0.1) is 6.61 Å². The van der Waals surface area contributed by atoms with Crippen molar-refractivity contribution in [2.75, 3.05) is 26.0 Å². The summed E-state index contributed by atoms with van der Waals surface area (Å²) in [5.74, 6) is 0.945. The normalized spacial score (nSPS) is 12.6. The van der Waals surface area contributed by atoms with Crippen LogP contribution in [0.2, 0.25) is 0 Å². The van der Waals surface area contributed by atoms with Crippen molar-refractivity contribution < 1.29 is 4.74 Å². The van der Waals surface area contributed by atoms with Gasteiger partial charge in [-0.05, 0) is 26.0 Å². The van der Waals surface area contributed by atoms with Crippen LogP contribution in [0.15, 0.2) is 23.4 Å². The van der Waals surface area contributed by atoms with Crippen LogP contribution in [-0.2, 0) is 4.74 Å². The summed E-state index contributed by atoms with van der Waals surface area (Å²) in [6.45, 7) is 6.17. The fourth-order valence-corrected chi connectivity index (χ4v) is 2.54. The monoisotopic (exact) mass is 254 g/mol. The zero-order chi connectivity index (χ0) is 12.5. The Morgan fingerprint density at radius 2 is 2.35 bits per heavy atom. The van der Waals surface area contributed by atoms with E-state index in [0.29, 0.717) is 6.04 Å². The highest BCUT2D eigenvalue weighted by Crippen LogP contribution is 2.24. The van der Waals surface area contributed by atoms with E-state index < -0.39 is 0 Å². The predicted molar refractivity (Wildman–Crippen MR) is 73.5 cm³/mol. The van der Waals surface area contributed by atoms with E-state index in [1.165, 1.54) is 5.56 Å². The standard InChI is InChI=1S/C13H22N2OS/c1-4-7-14-11(2)12-6-5-8-15-13(12)17-10-9-16-3/h5-6,8,11,14H,4,7,9-10H2,1-3H3. The lowest BCUT2D eigenvalue weighted by Gasteiger charge is -2.16. The van der Waals surface area contributed by atoms with Crippen molar-refractivity contribution >= 4 is 11.8 Å². The summed E-state index contributed by atoms with van der Waals surface area (Å²) >= 11 is 1.76. The average molecular weight is 254 g/mol. The zero-order valence-electron chi connectivity index (χ0n) is 10.9. The zero-order valence-corrected chi connectivity index (χ0v) is 11.7. The number of pyridine rings is 1. The van der Waals surface area contributed by atoms with Gasteiger partial charge in [-0.1, -0.05) is 13.0 Å². The number of thioether (sulfide) groups is 1. The Labute approximate surface area is 108 Å². The summed E-state index contributed by atoms with van der Waals surface area (Å²) in [6, 6.07) is 4.50. The summed E-state index contributed by atoms with van der Waals surface area (Å²) in [7, 11) is 1.73. The second kappa shape index (κ2) is 8.50. The highest BCUT2D eigenvalue weighted by molar-refractivity contribution is 7.99. The Bertz CT molecular complexity index is 320. The van der Waals surface area contributed by atoms with Gasteiger partial charge in [0.15, 0.2) is 0 Å². The van der Waals surface area contributed by atoms with Crippen molar-refractivity contribution in [3.05, 3.63) is 23.9 Å². The number of ether oxygens (including phenoxy) is 1. The Morgan fingerprint density at radius 3 is 3.06 bits per heavy atom. The molecular formula is C13H22N2OS. The van der Waals surface area contributed by atoms with Gasteiger partial charge in [0.1, 0.15) is 5.03 Å². The molecule has 0 aliphatic heterocycles. The molecule has 0 spiro atoms. The quantitative estimate of drug-likeness (QED) is 0.571.